The number of aryl methyl sites for hydroxylation is 1. The zero-order valence-corrected chi connectivity index (χ0v) is 10.4. The van der Waals surface area contributed by atoms with E-state index in [9.17, 15) is 0 Å². The van der Waals surface area contributed by atoms with Crippen LogP contribution in [0.2, 0.25) is 6.82 Å². The maximum atomic E-state index is 2.33. The molecule has 0 N–H and O–H groups in total. The molecule has 1 aromatic carbocycles. The van der Waals surface area contributed by atoms with Gasteiger partial charge in [0.25, 0.3) is 0 Å². The summed E-state index contributed by atoms with van der Waals surface area (Å²) in [4.78, 5) is 0. The molecule has 0 aliphatic heterocycles. The standard InChI is InChI=1S/C14H21B/c1-11-5-7-14(8-6-11)10-12(2)9-13(3)15-4/h5-8,12H,9-10H2,1-4H3. The summed E-state index contributed by atoms with van der Waals surface area (Å²) in [7, 11) is 0. The minimum atomic E-state index is 0.740. The summed E-state index contributed by atoms with van der Waals surface area (Å²) in [5.74, 6) is 0.740. The van der Waals surface area contributed by atoms with Gasteiger partial charge in [0.05, 0.1) is 0 Å². The van der Waals surface area contributed by atoms with E-state index in [2.05, 4.69) is 58.8 Å². The number of hydrogen-bond donors (Lipinski definition) is 0. The number of hydrogen-bond acceptors (Lipinski definition) is 0. The molecule has 1 rings (SSSR count). The summed E-state index contributed by atoms with van der Waals surface area (Å²) >= 11 is 0. The van der Waals surface area contributed by atoms with Crippen molar-refractivity contribution in [2.45, 2.75) is 40.4 Å². The van der Waals surface area contributed by atoms with Gasteiger partial charge in [-0.1, -0.05) is 0 Å². The van der Waals surface area contributed by atoms with Gasteiger partial charge in [-0.25, -0.2) is 0 Å². The van der Waals surface area contributed by atoms with Crippen LogP contribution in [0.3, 0.4) is 0 Å². The van der Waals surface area contributed by atoms with Gasteiger partial charge < -0.3 is 0 Å². The first-order valence-corrected chi connectivity index (χ1v) is 5.79. The normalized spacial score (nSPS) is 13.5. The van der Waals surface area contributed by atoms with Gasteiger partial charge in [0.15, 0.2) is 0 Å². The molecular formula is C14H21B. The maximum absolute atomic E-state index is 2.33. The third kappa shape index (κ3) is 4.46. The number of benzene rings is 1. The van der Waals surface area contributed by atoms with Crippen molar-refractivity contribution in [3.05, 3.63) is 35.4 Å². The summed E-state index contributed by atoms with van der Waals surface area (Å²) in [5, 5.41) is 0. The third-order valence-corrected chi connectivity index (χ3v) is 2.87. The molecule has 0 aromatic heterocycles. The zero-order valence-electron chi connectivity index (χ0n) is 10.4. The van der Waals surface area contributed by atoms with Gasteiger partial charge in [-0.2, -0.15) is 0 Å². The molecule has 0 saturated heterocycles. The van der Waals surface area contributed by atoms with Crippen molar-refractivity contribution in [2.24, 2.45) is 5.92 Å². The summed E-state index contributed by atoms with van der Waals surface area (Å²) in [6.45, 7) is 11.0. The van der Waals surface area contributed by atoms with E-state index in [4.69, 9.17) is 0 Å². The predicted octanol–water partition coefficient (Wildman–Crippen LogP) is 3.51. The van der Waals surface area contributed by atoms with Crippen LogP contribution in [-0.4, -0.2) is 12.4 Å². The predicted molar refractivity (Wildman–Crippen MR) is 71.0 cm³/mol. The molecule has 0 aliphatic rings. The van der Waals surface area contributed by atoms with Gasteiger partial charge in [0.1, 0.15) is 0 Å². The quantitative estimate of drug-likeness (QED) is 0.652. The second kappa shape index (κ2) is 5.90. The molecule has 80 valence electrons. The Bertz CT molecular complexity index is 322. The van der Waals surface area contributed by atoms with E-state index in [1.807, 2.05) is 0 Å². The Labute approximate surface area is 94.6 Å². The van der Waals surface area contributed by atoms with Crippen molar-refractivity contribution in [2.75, 3.05) is 0 Å². The van der Waals surface area contributed by atoms with Gasteiger partial charge in [-0.15, -0.1) is 0 Å². The molecule has 0 nitrogen and oxygen atoms in total. The molecule has 0 spiro atoms. The first kappa shape index (κ1) is 12.2. The van der Waals surface area contributed by atoms with Gasteiger partial charge in [-0.05, 0) is 0 Å². The van der Waals surface area contributed by atoms with E-state index in [-0.39, 0.29) is 0 Å². The Hall–Kier alpha value is -0.845. The van der Waals surface area contributed by atoms with Crippen molar-refractivity contribution in [3.63, 3.8) is 0 Å². The molecule has 0 saturated carbocycles. The second-order valence-electron chi connectivity index (χ2n) is 4.63. The fourth-order valence-corrected chi connectivity index (χ4v) is 1.87. The van der Waals surface area contributed by atoms with E-state index in [0.29, 0.717) is 0 Å². The fraction of sp³-hybridized carbons (Fsp3) is 0.500. The Kier molecular flexibility index (Phi) is 4.81. The van der Waals surface area contributed by atoms with Crippen LogP contribution < -0.4 is 0 Å². The molecule has 0 aliphatic carbocycles. The molecule has 1 atom stereocenters. The SMILES string of the molecule is CB=C(C)CC(C)Cc1ccc(C)cc1. The van der Waals surface area contributed by atoms with Crippen molar-refractivity contribution in [3.8, 4) is 0 Å². The minimum absolute atomic E-state index is 0.740. The van der Waals surface area contributed by atoms with E-state index in [0.717, 1.165) is 5.92 Å². The monoisotopic (exact) mass is 200 g/mol. The molecule has 1 aromatic rings. The Morgan fingerprint density at radius 2 is 1.87 bits per heavy atom. The van der Waals surface area contributed by atoms with Crippen molar-refractivity contribution in [1.29, 1.82) is 0 Å². The average molecular weight is 200 g/mol. The fourth-order valence-electron chi connectivity index (χ4n) is 1.87. The summed E-state index contributed by atoms with van der Waals surface area (Å²) in [5.41, 5.74) is 4.29. The van der Waals surface area contributed by atoms with Gasteiger partial charge in [0.2, 0.25) is 0 Å². The van der Waals surface area contributed by atoms with Crippen LogP contribution >= 0.6 is 0 Å². The molecule has 1 unspecified atom stereocenters. The van der Waals surface area contributed by atoms with Crippen LogP contribution in [0, 0.1) is 12.8 Å². The molecule has 0 radical (unpaired) electrons. The molecule has 0 fully saturated rings. The molecule has 0 heterocycles. The van der Waals surface area contributed by atoms with Crippen LogP contribution in [-0.2, 0) is 6.42 Å². The Morgan fingerprint density at radius 1 is 1.27 bits per heavy atom. The first-order valence-electron chi connectivity index (χ1n) is 5.79. The van der Waals surface area contributed by atoms with E-state index in [1.165, 1.54) is 29.4 Å². The third-order valence-electron chi connectivity index (χ3n) is 2.87. The van der Waals surface area contributed by atoms with E-state index in [1.54, 1.807) is 0 Å². The Morgan fingerprint density at radius 3 is 2.40 bits per heavy atom. The second-order valence-corrected chi connectivity index (χ2v) is 4.63. The molecular weight excluding hydrogens is 179 g/mol. The average Bonchev–Trinajstić information content (AvgIpc) is 2.21. The van der Waals surface area contributed by atoms with Crippen LogP contribution in [0.15, 0.2) is 24.3 Å². The van der Waals surface area contributed by atoms with Crippen LogP contribution in [0.1, 0.15) is 31.4 Å². The van der Waals surface area contributed by atoms with E-state index >= 15 is 0 Å². The topological polar surface area (TPSA) is 0 Å². The van der Waals surface area contributed by atoms with Gasteiger partial charge in [-0.3, -0.25) is 0 Å². The Balaban J connectivity index is 2.51. The van der Waals surface area contributed by atoms with Gasteiger partial charge in [0, 0.05) is 0 Å². The summed E-state index contributed by atoms with van der Waals surface area (Å²) in [6, 6.07) is 8.89. The number of rotatable bonds is 4. The molecule has 0 amide bonds. The molecule has 15 heavy (non-hydrogen) atoms. The van der Waals surface area contributed by atoms with Gasteiger partial charge >= 0.3 is 94.1 Å². The zero-order chi connectivity index (χ0) is 11.3. The van der Waals surface area contributed by atoms with E-state index < -0.39 is 0 Å². The van der Waals surface area contributed by atoms with Crippen molar-refractivity contribution >= 4 is 12.4 Å². The molecule has 1 heteroatoms. The van der Waals surface area contributed by atoms with Crippen molar-refractivity contribution < 1.29 is 0 Å². The molecule has 0 bridgehead atoms. The summed E-state index contributed by atoms with van der Waals surface area (Å²) < 4.78 is 0. The van der Waals surface area contributed by atoms with Crippen LogP contribution in [0.25, 0.3) is 0 Å². The van der Waals surface area contributed by atoms with Crippen LogP contribution in [0.4, 0.5) is 0 Å². The first-order chi connectivity index (χ1) is 7.11. The summed E-state index contributed by atoms with van der Waals surface area (Å²) in [6.07, 6.45) is 2.40. The van der Waals surface area contributed by atoms with Crippen molar-refractivity contribution in [1.82, 2.24) is 0 Å². The van der Waals surface area contributed by atoms with Crippen LogP contribution in [0.5, 0.6) is 0 Å².